The molecule has 0 amide bonds. The van der Waals surface area contributed by atoms with Crippen LogP contribution in [-0.4, -0.2) is 4.98 Å². The molecule has 0 unspecified atom stereocenters. The Balaban J connectivity index is 1.97. The minimum atomic E-state index is 0.601. The molecule has 0 aliphatic heterocycles. The Bertz CT molecular complexity index is 312. The van der Waals surface area contributed by atoms with Gasteiger partial charge in [-0.2, -0.15) is 0 Å². The van der Waals surface area contributed by atoms with Crippen LogP contribution in [0.1, 0.15) is 19.3 Å². The van der Waals surface area contributed by atoms with Crippen molar-refractivity contribution in [1.82, 2.24) is 4.98 Å². The maximum Gasteiger partial charge on any atom is 0.218 e. The molecule has 0 spiro atoms. The fourth-order valence-electron chi connectivity index (χ4n) is 1.07. The van der Waals surface area contributed by atoms with Gasteiger partial charge >= 0.3 is 0 Å². The third kappa shape index (κ3) is 2.22. The zero-order valence-electron chi connectivity index (χ0n) is 7.16. The Morgan fingerprint density at radius 3 is 2.77 bits per heavy atom. The molecule has 1 heterocycles. The number of allylic oxidation sites excluding steroid dienone is 1. The number of nitrogens with zero attached hydrogens (tertiary/aromatic N) is 1. The number of halogens is 1. The summed E-state index contributed by atoms with van der Waals surface area (Å²) in [5.74, 6) is 0.601. The fraction of sp³-hybridized carbons (Fsp3) is 0.300. The molecule has 0 radical (unpaired) electrons. The van der Waals surface area contributed by atoms with Gasteiger partial charge in [-0.25, -0.2) is 4.98 Å². The standard InChI is InChI=1S/C10H10ClNO/c11-9-4-5-10(12-6-9)13-7-8-2-1-3-8/h4-7H,1-3H2. The summed E-state index contributed by atoms with van der Waals surface area (Å²) in [5.41, 5.74) is 1.36. The van der Waals surface area contributed by atoms with Crippen molar-refractivity contribution in [3.63, 3.8) is 0 Å². The van der Waals surface area contributed by atoms with E-state index in [4.69, 9.17) is 16.3 Å². The van der Waals surface area contributed by atoms with E-state index in [1.807, 2.05) is 0 Å². The second kappa shape index (κ2) is 3.79. The van der Waals surface area contributed by atoms with Gasteiger partial charge in [-0.3, -0.25) is 0 Å². The van der Waals surface area contributed by atoms with E-state index in [1.165, 1.54) is 12.0 Å². The summed E-state index contributed by atoms with van der Waals surface area (Å²) in [5, 5.41) is 0.628. The lowest BCUT2D eigenvalue weighted by molar-refractivity contribution is 0.440. The molecule has 68 valence electrons. The molecule has 1 aliphatic rings. The average Bonchev–Trinajstić information content (AvgIpc) is 2.05. The molecule has 2 nitrogen and oxygen atoms in total. The SMILES string of the molecule is Clc1ccc(OC=C2CCC2)nc1. The van der Waals surface area contributed by atoms with Crippen molar-refractivity contribution in [2.24, 2.45) is 0 Å². The first-order valence-corrected chi connectivity index (χ1v) is 4.68. The lowest BCUT2D eigenvalue weighted by Gasteiger charge is -2.14. The Kier molecular flexibility index (Phi) is 2.50. The minimum Gasteiger partial charge on any atom is -0.447 e. The Labute approximate surface area is 82.2 Å². The molecule has 1 aliphatic carbocycles. The summed E-state index contributed by atoms with van der Waals surface area (Å²) in [6, 6.07) is 3.53. The highest BCUT2D eigenvalue weighted by Gasteiger charge is 2.08. The van der Waals surface area contributed by atoms with Crippen molar-refractivity contribution in [2.75, 3.05) is 0 Å². The quantitative estimate of drug-likeness (QED) is 0.677. The van der Waals surface area contributed by atoms with Gasteiger partial charge in [0.05, 0.1) is 11.3 Å². The van der Waals surface area contributed by atoms with Crippen molar-refractivity contribution in [3.8, 4) is 5.88 Å². The van der Waals surface area contributed by atoms with Crippen LogP contribution in [0.2, 0.25) is 5.02 Å². The first kappa shape index (κ1) is 8.57. The van der Waals surface area contributed by atoms with Gasteiger partial charge in [0, 0.05) is 12.3 Å². The summed E-state index contributed by atoms with van der Waals surface area (Å²) >= 11 is 5.68. The molecule has 2 rings (SSSR count). The van der Waals surface area contributed by atoms with Gasteiger partial charge in [0.2, 0.25) is 5.88 Å². The lowest BCUT2D eigenvalue weighted by atomic mass is 9.94. The van der Waals surface area contributed by atoms with Gasteiger partial charge in [0.15, 0.2) is 0 Å². The van der Waals surface area contributed by atoms with Crippen LogP contribution < -0.4 is 4.74 Å². The largest absolute Gasteiger partial charge is 0.447 e. The third-order valence-corrected chi connectivity index (χ3v) is 2.27. The maximum atomic E-state index is 5.68. The molecular formula is C10H10ClNO. The van der Waals surface area contributed by atoms with Gasteiger partial charge in [-0.05, 0) is 30.9 Å². The molecule has 1 saturated carbocycles. The second-order valence-electron chi connectivity index (χ2n) is 3.06. The highest BCUT2D eigenvalue weighted by atomic mass is 35.5. The number of rotatable bonds is 2. The van der Waals surface area contributed by atoms with E-state index in [0.717, 1.165) is 12.8 Å². The summed E-state index contributed by atoms with van der Waals surface area (Å²) in [4.78, 5) is 4.01. The second-order valence-corrected chi connectivity index (χ2v) is 3.50. The van der Waals surface area contributed by atoms with E-state index >= 15 is 0 Å². The molecule has 13 heavy (non-hydrogen) atoms. The fourth-order valence-corrected chi connectivity index (χ4v) is 1.19. The van der Waals surface area contributed by atoms with E-state index in [-0.39, 0.29) is 0 Å². The van der Waals surface area contributed by atoms with Gasteiger partial charge in [0.25, 0.3) is 0 Å². The maximum absolute atomic E-state index is 5.68. The third-order valence-electron chi connectivity index (χ3n) is 2.04. The summed E-state index contributed by atoms with van der Waals surface area (Å²) in [7, 11) is 0. The van der Waals surface area contributed by atoms with Crippen LogP contribution >= 0.6 is 11.6 Å². The number of hydrogen-bond acceptors (Lipinski definition) is 2. The first-order valence-electron chi connectivity index (χ1n) is 4.31. The Hall–Kier alpha value is -1.02. The molecule has 0 N–H and O–H groups in total. The van der Waals surface area contributed by atoms with Gasteiger partial charge in [-0.15, -0.1) is 0 Å². The van der Waals surface area contributed by atoms with Gasteiger partial charge in [-0.1, -0.05) is 11.6 Å². The lowest BCUT2D eigenvalue weighted by Crippen LogP contribution is -1.99. The highest BCUT2D eigenvalue weighted by molar-refractivity contribution is 6.30. The van der Waals surface area contributed by atoms with Crippen LogP contribution in [0.25, 0.3) is 0 Å². The van der Waals surface area contributed by atoms with E-state index in [9.17, 15) is 0 Å². The normalized spacial score (nSPS) is 15.0. The summed E-state index contributed by atoms with van der Waals surface area (Å²) in [6.07, 6.45) is 6.97. The smallest absolute Gasteiger partial charge is 0.218 e. The number of ether oxygens (including phenoxy) is 1. The molecule has 0 saturated heterocycles. The predicted molar refractivity (Wildman–Crippen MR) is 51.8 cm³/mol. The van der Waals surface area contributed by atoms with Crippen LogP contribution in [0, 0.1) is 0 Å². The van der Waals surface area contributed by atoms with E-state index in [1.54, 1.807) is 24.6 Å². The molecule has 0 atom stereocenters. The monoisotopic (exact) mass is 195 g/mol. The van der Waals surface area contributed by atoms with Crippen LogP contribution in [0.5, 0.6) is 5.88 Å². The highest BCUT2D eigenvalue weighted by Crippen LogP contribution is 2.25. The molecule has 0 bridgehead atoms. The zero-order chi connectivity index (χ0) is 9.10. The topological polar surface area (TPSA) is 22.1 Å². The van der Waals surface area contributed by atoms with Crippen LogP contribution in [0.15, 0.2) is 30.2 Å². The molecule has 3 heteroatoms. The van der Waals surface area contributed by atoms with Crippen molar-refractivity contribution in [2.45, 2.75) is 19.3 Å². The summed E-state index contributed by atoms with van der Waals surface area (Å²) in [6.45, 7) is 0. The first-order chi connectivity index (χ1) is 6.34. The van der Waals surface area contributed by atoms with E-state index in [0.29, 0.717) is 10.9 Å². The number of aromatic nitrogens is 1. The number of pyridine rings is 1. The Morgan fingerprint density at radius 2 is 2.23 bits per heavy atom. The molecule has 1 aromatic rings. The van der Waals surface area contributed by atoms with Gasteiger partial charge in [0.1, 0.15) is 0 Å². The average molecular weight is 196 g/mol. The molecule has 1 fully saturated rings. The van der Waals surface area contributed by atoms with Crippen molar-refractivity contribution in [1.29, 1.82) is 0 Å². The molecule has 0 aromatic carbocycles. The summed E-state index contributed by atoms with van der Waals surface area (Å²) < 4.78 is 5.33. The minimum absolute atomic E-state index is 0.601. The Morgan fingerprint density at radius 1 is 1.38 bits per heavy atom. The van der Waals surface area contributed by atoms with Crippen LogP contribution in [0.4, 0.5) is 0 Å². The van der Waals surface area contributed by atoms with Gasteiger partial charge < -0.3 is 4.74 Å². The van der Waals surface area contributed by atoms with Crippen molar-refractivity contribution >= 4 is 11.6 Å². The predicted octanol–water partition coefficient (Wildman–Crippen LogP) is 3.18. The molecule has 1 aromatic heterocycles. The van der Waals surface area contributed by atoms with E-state index in [2.05, 4.69) is 4.98 Å². The van der Waals surface area contributed by atoms with Crippen LogP contribution in [-0.2, 0) is 0 Å². The number of hydrogen-bond donors (Lipinski definition) is 0. The zero-order valence-corrected chi connectivity index (χ0v) is 7.92. The van der Waals surface area contributed by atoms with E-state index < -0.39 is 0 Å². The van der Waals surface area contributed by atoms with Crippen molar-refractivity contribution in [3.05, 3.63) is 35.2 Å². The van der Waals surface area contributed by atoms with Crippen molar-refractivity contribution < 1.29 is 4.74 Å². The van der Waals surface area contributed by atoms with Crippen LogP contribution in [0.3, 0.4) is 0 Å². The molecular weight excluding hydrogens is 186 g/mol.